The molecule has 0 radical (unpaired) electrons. The number of nitrogen functional groups attached to an aromatic ring is 1. The molecule has 2 N–H and O–H groups in total. The molecule has 0 amide bonds. The van der Waals surface area contributed by atoms with Gasteiger partial charge in [-0.15, -0.1) is 0 Å². The van der Waals surface area contributed by atoms with Crippen LogP contribution < -0.4 is 5.73 Å². The number of alkyl halides is 1. The first-order valence-corrected chi connectivity index (χ1v) is 6.15. The van der Waals surface area contributed by atoms with Gasteiger partial charge in [0.1, 0.15) is 0 Å². The number of nitrogens with two attached hydrogens (primary N) is 1. The van der Waals surface area contributed by atoms with Gasteiger partial charge >= 0.3 is 0 Å². The molecule has 0 atom stereocenters. The second-order valence-corrected chi connectivity index (χ2v) is 2.57. The summed E-state index contributed by atoms with van der Waals surface area (Å²) in [5.74, 6) is 0. The molecule has 68 valence electrons. The first kappa shape index (κ1) is 10.3. The summed E-state index contributed by atoms with van der Waals surface area (Å²) >= 11 is 2.15. The summed E-state index contributed by atoms with van der Waals surface area (Å²) < 4.78 is 0. The quantitative estimate of drug-likeness (QED) is 0.447. The van der Waals surface area contributed by atoms with E-state index in [1.165, 1.54) is 5.39 Å². The molecule has 0 saturated carbocycles. The molecule has 13 heavy (non-hydrogen) atoms. The van der Waals surface area contributed by atoms with Crippen LogP contribution in [0, 0.1) is 0 Å². The van der Waals surface area contributed by atoms with Gasteiger partial charge in [-0.05, 0) is 16.4 Å². The molecule has 0 heterocycles. The highest BCUT2D eigenvalue weighted by molar-refractivity contribution is 14.1. The van der Waals surface area contributed by atoms with Crippen molar-refractivity contribution in [2.45, 2.75) is 0 Å². The fourth-order valence-electron chi connectivity index (χ4n) is 1.25. The number of rotatable bonds is 0. The molecule has 1 nitrogen and oxygen atoms in total. The lowest BCUT2D eigenvalue weighted by Crippen LogP contribution is -1.84. The van der Waals surface area contributed by atoms with E-state index in [1.807, 2.05) is 35.3 Å². The molecule has 2 heteroatoms. The van der Waals surface area contributed by atoms with Gasteiger partial charge in [0.05, 0.1) is 0 Å². The van der Waals surface area contributed by atoms with E-state index in [1.54, 1.807) is 0 Å². The minimum atomic E-state index is 0.850. The molecule has 0 aliphatic heterocycles. The van der Waals surface area contributed by atoms with E-state index < -0.39 is 0 Å². The maximum atomic E-state index is 5.76. The number of hydrogen-bond donors (Lipinski definition) is 1. The normalized spacial score (nSPS) is 9.08. The molecule has 0 unspecified atom stereocenters. The van der Waals surface area contributed by atoms with Gasteiger partial charge in [-0.25, -0.2) is 0 Å². The zero-order chi connectivity index (χ0) is 9.68. The van der Waals surface area contributed by atoms with Gasteiger partial charge in [0.25, 0.3) is 0 Å². The van der Waals surface area contributed by atoms with Crippen molar-refractivity contribution in [1.82, 2.24) is 0 Å². The predicted molar refractivity (Wildman–Crippen MR) is 68.3 cm³/mol. The Hall–Kier alpha value is -0.770. The molecule has 0 bridgehead atoms. The average molecular weight is 285 g/mol. The van der Waals surface area contributed by atoms with E-state index >= 15 is 0 Å². The third-order valence-electron chi connectivity index (χ3n) is 1.82. The van der Waals surface area contributed by atoms with Crippen molar-refractivity contribution in [3.63, 3.8) is 0 Å². The Kier molecular flexibility index (Phi) is 4.02. The summed E-state index contributed by atoms with van der Waals surface area (Å²) in [6.07, 6.45) is 0. The first-order valence-electron chi connectivity index (χ1n) is 3.99. The predicted octanol–water partition coefficient (Wildman–Crippen LogP) is 3.47. The van der Waals surface area contributed by atoms with Crippen molar-refractivity contribution < 1.29 is 0 Å². The van der Waals surface area contributed by atoms with Crippen molar-refractivity contribution in [2.75, 3.05) is 10.7 Å². The van der Waals surface area contributed by atoms with Crippen LogP contribution in [0.4, 0.5) is 5.69 Å². The molecular weight excluding hydrogens is 273 g/mol. The van der Waals surface area contributed by atoms with Crippen LogP contribution in [0.5, 0.6) is 0 Å². The molecule has 0 spiro atoms. The van der Waals surface area contributed by atoms with Gasteiger partial charge in [-0.3, -0.25) is 0 Å². The van der Waals surface area contributed by atoms with Crippen LogP contribution in [0.15, 0.2) is 42.5 Å². The molecular formula is C11H12IN. The van der Waals surface area contributed by atoms with Crippen LogP contribution in [0.2, 0.25) is 0 Å². The molecule has 0 fully saturated rings. The zero-order valence-electron chi connectivity index (χ0n) is 7.50. The lowest BCUT2D eigenvalue weighted by Gasteiger charge is -1.98. The van der Waals surface area contributed by atoms with Crippen molar-refractivity contribution in [1.29, 1.82) is 0 Å². The fraction of sp³-hybridized carbons (Fsp3) is 0.0909. The van der Waals surface area contributed by atoms with Gasteiger partial charge in [0, 0.05) is 11.1 Å². The smallest absolute Gasteiger partial charge is 0.0393 e. The van der Waals surface area contributed by atoms with Crippen LogP contribution in [0.3, 0.4) is 0 Å². The number of halogens is 1. The monoisotopic (exact) mass is 285 g/mol. The van der Waals surface area contributed by atoms with E-state index in [-0.39, 0.29) is 0 Å². The summed E-state index contributed by atoms with van der Waals surface area (Å²) in [6, 6.07) is 14.1. The zero-order valence-corrected chi connectivity index (χ0v) is 9.65. The lowest BCUT2D eigenvalue weighted by molar-refractivity contribution is 1.73. The van der Waals surface area contributed by atoms with Crippen molar-refractivity contribution in [3.05, 3.63) is 42.5 Å². The van der Waals surface area contributed by atoms with Gasteiger partial charge in [0.2, 0.25) is 0 Å². The van der Waals surface area contributed by atoms with E-state index in [4.69, 9.17) is 5.73 Å². The van der Waals surface area contributed by atoms with Crippen molar-refractivity contribution >= 4 is 39.1 Å². The third kappa shape index (κ3) is 2.34. The van der Waals surface area contributed by atoms with Crippen molar-refractivity contribution in [2.24, 2.45) is 0 Å². The number of fused-ring (bicyclic) bond motifs is 1. The lowest BCUT2D eigenvalue weighted by atomic mass is 10.1. The Balaban J connectivity index is 0.000000396. The van der Waals surface area contributed by atoms with Crippen LogP contribution in [0.1, 0.15) is 0 Å². The Labute approximate surface area is 92.1 Å². The van der Waals surface area contributed by atoms with Crippen LogP contribution >= 0.6 is 22.6 Å². The largest absolute Gasteiger partial charge is 0.398 e. The molecule has 2 aromatic rings. The van der Waals surface area contributed by atoms with Gasteiger partial charge < -0.3 is 5.73 Å². The fourth-order valence-corrected chi connectivity index (χ4v) is 1.25. The molecule has 0 aliphatic carbocycles. The minimum absolute atomic E-state index is 0.850. The molecule has 0 aromatic heterocycles. The van der Waals surface area contributed by atoms with Gasteiger partial charge in [-0.2, -0.15) is 0 Å². The number of hydrogen-bond acceptors (Lipinski definition) is 1. The summed E-state index contributed by atoms with van der Waals surface area (Å²) in [5, 5.41) is 2.34. The Morgan fingerprint density at radius 1 is 0.923 bits per heavy atom. The molecule has 2 aromatic carbocycles. The Morgan fingerprint density at radius 3 is 2.23 bits per heavy atom. The summed E-state index contributed by atoms with van der Waals surface area (Å²) in [6.45, 7) is 0. The SMILES string of the molecule is CI.Nc1cccc2ccccc12. The minimum Gasteiger partial charge on any atom is -0.398 e. The van der Waals surface area contributed by atoms with Crippen LogP contribution in [-0.4, -0.2) is 4.93 Å². The summed E-state index contributed by atoms with van der Waals surface area (Å²) in [7, 11) is 0. The summed E-state index contributed by atoms with van der Waals surface area (Å²) in [5.41, 5.74) is 6.61. The second-order valence-electron chi connectivity index (χ2n) is 2.57. The number of benzene rings is 2. The highest BCUT2D eigenvalue weighted by atomic mass is 127. The van der Waals surface area contributed by atoms with Gasteiger partial charge in [-0.1, -0.05) is 59.0 Å². The van der Waals surface area contributed by atoms with Crippen LogP contribution in [0.25, 0.3) is 10.8 Å². The number of anilines is 1. The van der Waals surface area contributed by atoms with E-state index in [9.17, 15) is 0 Å². The third-order valence-corrected chi connectivity index (χ3v) is 1.82. The molecule has 0 aliphatic rings. The van der Waals surface area contributed by atoms with Gasteiger partial charge in [0.15, 0.2) is 0 Å². The average Bonchev–Trinajstić information content (AvgIpc) is 2.22. The Bertz CT molecular complexity index is 379. The van der Waals surface area contributed by atoms with E-state index in [0.29, 0.717) is 0 Å². The highest BCUT2D eigenvalue weighted by Gasteiger charge is 1.92. The van der Waals surface area contributed by atoms with E-state index in [2.05, 4.69) is 34.7 Å². The molecule has 0 saturated heterocycles. The second kappa shape index (κ2) is 5.07. The first-order chi connectivity index (χ1) is 6.38. The maximum absolute atomic E-state index is 5.76. The Morgan fingerprint density at radius 2 is 1.54 bits per heavy atom. The van der Waals surface area contributed by atoms with Crippen LogP contribution in [-0.2, 0) is 0 Å². The van der Waals surface area contributed by atoms with E-state index in [0.717, 1.165) is 11.1 Å². The standard InChI is InChI=1S/C10H9N.CH3I/c11-10-7-3-5-8-4-1-2-6-9(8)10;1-2/h1-7H,11H2;1H3. The summed E-state index contributed by atoms with van der Waals surface area (Å²) in [4.78, 5) is 1.97. The maximum Gasteiger partial charge on any atom is 0.0393 e. The van der Waals surface area contributed by atoms with Crippen molar-refractivity contribution in [3.8, 4) is 0 Å². The topological polar surface area (TPSA) is 26.0 Å². The molecule has 2 rings (SSSR count). The highest BCUT2D eigenvalue weighted by Crippen LogP contribution is 2.19.